The highest BCUT2D eigenvalue weighted by Gasteiger charge is 2.28. The standard InChI is InChI=1S/C21H29N3O3/c1-14(2)13-24-16(4)18(15(3)22-24)12-20(25)23(5)19(21(26)27)11-17-9-7-6-8-10-17/h6-10,14,19H,11-13H2,1-5H3,(H,26,27). The lowest BCUT2D eigenvalue weighted by atomic mass is 10.0. The number of carboxylic acids is 1. The van der Waals surface area contributed by atoms with E-state index in [9.17, 15) is 14.7 Å². The number of hydrogen-bond acceptors (Lipinski definition) is 3. The lowest BCUT2D eigenvalue weighted by Gasteiger charge is -2.25. The van der Waals surface area contributed by atoms with Crippen molar-refractivity contribution < 1.29 is 14.7 Å². The van der Waals surface area contributed by atoms with Gasteiger partial charge in [0.1, 0.15) is 6.04 Å². The lowest BCUT2D eigenvalue weighted by molar-refractivity contribution is -0.148. The van der Waals surface area contributed by atoms with Crippen LogP contribution in [0.4, 0.5) is 0 Å². The fourth-order valence-corrected chi connectivity index (χ4v) is 3.19. The molecule has 146 valence electrons. The minimum absolute atomic E-state index is 0.158. The third-order valence-corrected chi connectivity index (χ3v) is 4.82. The molecule has 1 atom stereocenters. The molecule has 0 aliphatic carbocycles. The van der Waals surface area contributed by atoms with Crippen LogP contribution in [0.1, 0.15) is 36.4 Å². The number of carboxylic acid groups (broad SMARTS) is 1. The van der Waals surface area contributed by atoms with Gasteiger partial charge in [-0.25, -0.2) is 4.79 Å². The maximum absolute atomic E-state index is 12.8. The van der Waals surface area contributed by atoms with E-state index >= 15 is 0 Å². The van der Waals surface area contributed by atoms with Gasteiger partial charge in [-0.2, -0.15) is 5.10 Å². The number of hydrogen-bond donors (Lipinski definition) is 1. The second kappa shape index (κ2) is 8.84. The molecule has 0 bridgehead atoms. The number of nitrogens with zero attached hydrogens (tertiary/aromatic N) is 3. The van der Waals surface area contributed by atoms with Crippen LogP contribution in [0.2, 0.25) is 0 Å². The summed E-state index contributed by atoms with van der Waals surface area (Å²) in [6, 6.07) is 8.47. The monoisotopic (exact) mass is 371 g/mol. The molecular formula is C21H29N3O3. The average molecular weight is 371 g/mol. The molecule has 1 aromatic carbocycles. The topological polar surface area (TPSA) is 75.4 Å². The summed E-state index contributed by atoms with van der Waals surface area (Å²) in [4.78, 5) is 25.9. The first-order valence-electron chi connectivity index (χ1n) is 9.26. The number of benzene rings is 1. The van der Waals surface area contributed by atoms with E-state index < -0.39 is 12.0 Å². The quantitative estimate of drug-likeness (QED) is 0.774. The normalized spacial score (nSPS) is 12.2. The van der Waals surface area contributed by atoms with E-state index in [1.165, 1.54) is 4.90 Å². The molecule has 1 N–H and O–H groups in total. The molecule has 0 saturated heterocycles. The van der Waals surface area contributed by atoms with Crippen molar-refractivity contribution in [2.75, 3.05) is 7.05 Å². The minimum Gasteiger partial charge on any atom is -0.480 e. The van der Waals surface area contributed by atoms with Crippen LogP contribution in [0.3, 0.4) is 0 Å². The fourth-order valence-electron chi connectivity index (χ4n) is 3.19. The van der Waals surface area contributed by atoms with Gasteiger partial charge >= 0.3 is 5.97 Å². The molecule has 2 rings (SSSR count). The van der Waals surface area contributed by atoms with Gasteiger partial charge < -0.3 is 10.0 Å². The predicted octanol–water partition coefficient (Wildman–Crippen LogP) is 2.85. The number of likely N-dealkylation sites (N-methyl/N-ethyl adjacent to an activating group) is 1. The molecule has 0 saturated carbocycles. The van der Waals surface area contributed by atoms with Crippen LogP contribution in [-0.2, 0) is 29.0 Å². The Balaban J connectivity index is 2.16. The summed E-state index contributed by atoms with van der Waals surface area (Å²) < 4.78 is 1.93. The number of aromatic nitrogens is 2. The van der Waals surface area contributed by atoms with Crippen molar-refractivity contribution in [3.8, 4) is 0 Å². The fraction of sp³-hybridized carbons (Fsp3) is 0.476. The Labute approximate surface area is 160 Å². The first kappa shape index (κ1) is 20.7. The van der Waals surface area contributed by atoms with Gasteiger partial charge in [-0.3, -0.25) is 9.48 Å². The van der Waals surface area contributed by atoms with Gasteiger partial charge in [0.15, 0.2) is 0 Å². The molecule has 0 fully saturated rings. The molecule has 27 heavy (non-hydrogen) atoms. The molecule has 0 aliphatic rings. The van der Waals surface area contributed by atoms with Gasteiger partial charge in [0.25, 0.3) is 0 Å². The molecule has 6 nitrogen and oxygen atoms in total. The van der Waals surface area contributed by atoms with E-state index in [4.69, 9.17) is 0 Å². The van der Waals surface area contributed by atoms with E-state index in [0.717, 1.165) is 29.1 Å². The van der Waals surface area contributed by atoms with Crippen LogP contribution in [0, 0.1) is 19.8 Å². The maximum Gasteiger partial charge on any atom is 0.326 e. The predicted molar refractivity (Wildman–Crippen MR) is 105 cm³/mol. The molecule has 0 aliphatic heterocycles. The van der Waals surface area contributed by atoms with Crippen LogP contribution in [0.25, 0.3) is 0 Å². The molecule has 0 spiro atoms. The number of carbonyl (C=O) groups excluding carboxylic acids is 1. The van der Waals surface area contributed by atoms with Gasteiger partial charge in [0.05, 0.1) is 12.1 Å². The SMILES string of the molecule is Cc1nn(CC(C)C)c(C)c1CC(=O)N(C)C(Cc1ccccc1)C(=O)O. The summed E-state index contributed by atoms with van der Waals surface area (Å²) in [5, 5.41) is 14.2. The zero-order valence-electron chi connectivity index (χ0n) is 16.8. The molecule has 6 heteroatoms. The van der Waals surface area contributed by atoms with E-state index in [2.05, 4.69) is 18.9 Å². The molecule has 1 heterocycles. The highest BCUT2D eigenvalue weighted by Crippen LogP contribution is 2.17. The van der Waals surface area contributed by atoms with Gasteiger partial charge in [0.2, 0.25) is 5.91 Å². The van der Waals surface area contributed by atoms with Crippen molar-refractivity contribution in [2.45, 2.75) is 53.1 Å². The smallest absolute Gasteiger partial charge is 0.326 e. The highest BCUT2D eigenvalue weighted by molar-refractivity contribution is 5.85. The molecule has 1 amide bonds. The second-order valence-electron chi connectivity index (χ2n) is 7.45. The van der Waals surface area contributed by atoms with Crippen molar-refractivity contribution in [2.24, 2.45) is 5.92 Å². The average Bonchev–Trinajstić information content (AvgIpc) is 2.86. The number of rotatable bonds is 8. The van der Waals surface area contributed by atoms with Gasteiger partial charge in [-0.05, 0) is 25.3 Å². The molecule has 1 unspecified atom stereocenters. The van der Waals surface area contributed by atoms with Crippen LogP contribution in [-0.4, -0.2) is 44.8 Å². The second-order valence-corrected chi connectivity index (χ2v) is 7.45. The van der Waals surface area contributed by atoms with Crippen molar-refractivity contribution in [3.05, 3.63) is 52.8 Å². The number of amides is 1. The van der Waals surface area contributed by atoms with Gasteiger partial charge in [0, 0.05) is 31.3 Å². The Bertz CT molecular complexity index is 797. The lowest BCUT2D eigenvalue weighted by Crippen LogP contribution is -2.44. The van der Waals surface area contributed by atoms with Crippen LogP contribution < -0.4 is 0 Å². The zero-order valence-corrected chi connectivity index (χ0v) is 16.8. The zero-order chi connectivity index (χ0) is 20.1. The van der Waals surface area contributed by atoms with Crippen LogP contribution >= 0.6 is 0 Å². The van der Waals surface area contributed by atoms with Crippen molar-refractivity contribution in [3.63, 3.8) is 0 Å². The summed E-state index contributed by atoms with van der Waals surface area (Å²) in [7, 11) is 1.56. The summed E-state index contributed by atoms with van der Waals surface area (Å²) >= 11 is 0. The van der Waals surface area contributed by atoms with Gasteiger partial charge in [-0.1, -0.05) is 44.2 Å². The Morgan fingerprint density at radius 1 is 1.19 bits per heavy atom. The molecular weight excluding hydrogens is 342 g/mol. The van der Waals surface area contributed by atoms with E-state index in [1.807, 2.05) is 48.9 Å². The summed E-state index contributed by atoms with van der Waals surface area (Å²) in [6.45, 7) is 8.89. The number of aliphatic carboxylic acids is 1. The Morgan fingerprint density at radius 3 is 2.37 bits per heavy atom. The van der Waals surface area contributed by atoms with Crippen LogP contribution in [0.5, 0.6) is 0 Å². The summed E-state index contributed by atoms with van der Waals surface area (Å²) in [5.74, 6) is -0.760. The third kappa shape index (κ3) is 5.18. The molecule has 1 aromatic heterocycles. The van der Waals surface area contributed by atoms with E-state index in [1.54, 1.807) is 7.05 Å². The summed E-state index contributed by atoms with van der Waals surface area (Å²) in [6.07, 6.45) is 0.438. The molecule has 2 aromatic rings. The van der Waals surface area contributed by atoms with E-state index in [-0.39, 0.29) is 18.7 Å². The molecule has 0 radical (unpaired) electrons. The third-order valence-electron chi connectivity index (χ3n) is 4.82. The highest BCUT2D eigenvalue weighted by atomic mass is 16.4. The largest absolute Gasteiger partial charge is 0.480 e. The first-order chi connectivity index (χ1) is 12.7. The number of carbonyl (C=O) groups is 2. The van der Waals surface area contributed by atoms with Crippen molar-refractivity contribution >= 4 is 11.9 Å². The number of aryl methyl sites for hydroxylation is 1. The minimum atomic E-state index is -1.00. The first-order valence-corrected chi connectivity index (χ1v) is 9.26. The Kier molecular flexibility index (Phi) is 6.77. The Hall–Kier alpha value is -2.63. The van der Waals surface area contributed by atoms with E-state index in [0.29, 0.717) is 5.92 Å². The Morgan fingerprint density at radius 2 is 1.81 bits per heavy atom. The van der Waals surface area contributed by atoms with Gasteiger partial charge in [-0.15, -0.1) is 0 Å². The maximum atomic E-state index is 12.8. The summed E-state index contributed by atoms with van der Waals surface area (Å²) in [5.41, 5.74) is 3.57. The van der Waals surface area contributed by atoms with Crippen molar-refractivity contribution in [1.29, 1.82) is 0 Å². The van der Waals surface area contributed by atoms with Crippen LogP contribution in [0.15, 0.2) is 30.3 Å². The van der Waals surface area contributed by atoms with Crippen molar-refractivity contribution in [1.82, 2.24) is 14.7 Å².